The SMILES string of the molecule is COc1ccc(-c2c(-c3ccccc3)c(-c3ccc(C(F)(F)F)cc3)c(-c3cc(C)cc(C)c3)c(-c3cc(C)cc(C)c3)c2-c2ccc(C(C)(C)C)cc2)cc1. The molecule has 0 aliphatic rings. The number of methoxy groups -OCH3 is 1. The van der Waals surface area contributed by atoms with Crippen LogP contribution in [-0.4, -0.2) is 7.11 Å². The van der Waals surface area contributed by atoms with Gasteiger partial charge in [0.1, 0.15) is 5.75 Å². The lowest BCUT2D eigenvalue weighted by atomic mass is 9.73. The molecule has 0 spiro atoms. The van der Waals surface area contributed by atoms with Crippen molar-refractivity contribution in [3.05, 3.63) is 173 Å². The number of hydrogen-bond donors (Lipinski definition) is 0. The number of hydrogen-bond acceptors (Lipinski definition) is 1. The van der Waals surface area contributed by atoms with E-state index in [1.807, 2.05) is 30.3 Å². The van der Waals surface area contributed by atoms with Gasteiger partial charge in [0.25, 0.3) is 0 Å². The summed E-state index contributed by atoms with van der Waals surface area (Å²) in [7, 11) is 1.66. The predicted molar refractivity (Wildman–Crippen MR) is 228 cm³/mol. The van der Waals surface area contributed by atoms with Gasteiger partial charge >= 0.3 is 6.18 Å². The number of aryl methyl sites for hydroxylation is 4. The van der Waals surface area contributed by atoms with Crippen LogP contribution in [0.4, 0.5) is 13.2 Å². The molecule has 0 atom stereocenters. The molecule has 0 aliphatic heterocycles. The topological polar surface area (TPSA) is 9.23 Å². The zero-order valence-corrected chi connectivity index (χ0v) is 33.3. The van der Waals surface area contributed by atoms with Crippen molar-refractivity contribution in [1.29, 1.82) is 0 Å². The zero-order valence-electron chi connectivity index (χ0n) is 33.3. The number of halogens is 3. The Morgan fingerprint density at radius 3 is 1.04 bits per heavy atom. The first-order chi connectivity index (χ1) is 26.6. The summed E-state index contributed by atoms with van der Waals surface area (Å²) in [5, 5.41) is 0. The normalized spacial score (nSPS) is 11.8. The second-order valence-electron chi connectivity index (χ2n) is 16.0. The smallest absolute Gasteiger partial charge is 0.416 e. The van der Waals surface area contributed by atoms with Crippen molar-refractivity contribution in [3.63, 3.8) is 0 Å². The summed E-state index contributed by atoms with van der Waals surface area (Å²) in [6, 6.07) is 46.2. The van der Waals surface area contributed by atoms with Crippen LogP contribution in [0.2, 0.25) is 0 Å². The van der Waals surface area contributed by atoms with Gasteiger partial charge in [-0.3, -0.25) is 0 Å². The number of benzene rings is 7. The highest BCUT2D eigenvalue weighted by Gasteiger charge is 2.32. The maximum atomic E-state index is 14.1. The minimum absolute atomic E-state index is 0.0558. The average Bonchev–Trinajstić information content (AvgIpc) is 3.16. The molecule has 0 heterocycles. The first-order valence-electron chi connectivity index (χ1n) is 19.0. The van der Waals surface area contributed by atoms with E-state index in [1.54, 1.807) is 19.2 Å². The molecule has 0 saturated carbocycles. The summed E-state index contributed by atoms with van der Waals surface area (Å²) in [6.45, 7) is 15.1. The van der Waals surface area contributed by atoms with Crippen LogP contribution in [0.15, 0.2) is 140 Å². The predicted octanol–water partition coefficient (Wildman–Crippen LogP) is 15.2. The molecule has 0 aliphatic carbocycles. The highest BCUT2D eigenvalue weighted by Crippen LogP contribution is 2.56. The molecule has 7 rings (SSSR count). The van der Waals surface area contributed by atoms with E-state index >= 15 is 0 Å². The van der Waals surface area contributed by atoms with E-state index in [0.29, 0.717) is 5.56 Å². The van der Waals surface area contributed by atoms with Crippen LogP contribution in [0.3, 0.4) is 0 Å². The van der Waals surface area contributed by atoms with Crippen LogP contribution in [0.25, 0.3) is 66.8 Å². The minimum Gasteiger partial charge on any atom is -0.497 e. The molecule has 0 N–H and O–H groups in total. The molecule has 4 heteroatoms. The number of rotatable bonds is 7. The Bertz CT molecular complexity index is 2480. The van der Waals surface area contributed by atoms with E-state index < -0.39 is 11.7 Å². The quantitative estimate of drug-likeness (QED) is 0.158. The minimum atomic E-state index is -4.47. The lowest BCUT2D eigenvalue weighted by Gasteiger charge is -2.29. The van der Waals surface area contributed by atoms with E-state index in [0.717, 1.165) is 89.2 Å². The Labute approximate surface area is 329 Å². The lowest BCUT2D eigenvalue weighted by molar-refractivity contribution is -0.137. The molecule has 56 heavy (non-hydrogen) atoms. The molecule has 0 amide bonds. The van der Waals surface area contributed by atoms with Crippen molar-refractivity contribution < 1.29 is 17.9 Å². The Balaban J connectivity index is 1.81. The molecule has 7 aromatic carbocycles. The monoisotopic (exact) mass is 744 g/mol. The van der Waals surface area contributed by atoms with Crippen LogP contribution < -0.4 is 4.74 Å². The maximum Gasteiger partial charge on any atom is 0.416 e. The fourth-order valence-corrected chi connectivity index (χ4v) is 8.05. The molecule has 1 nitrogen and oxygen atoms in total. The average molecular weight is 745 g/mol. The summed E-state index contributed by atoms with van der Waals surface area (Å²) >= 11 is 0. The van der Waals surface area contributed by atoms with Gasteiger partial charge in [-0.2, -0.15) is 13.2 Å². The molecule has 0 fully saturated rings. The van der Waals surface area contributed by atoms with E-state index in [2.05, 4.69) is 133 Å². The van der Waals surface area contributed by atoms with Gasteiger partial charge in [-0.1, -0.05) is 158 Å². The third-order valence-electron chi connectivity index (χ3n) is 10.5. The Morgan fingerprint density at radius 1 is 0.375 bits per heavy atom. The summed E-state index contributed by atoms with van der Waals surface area (Å²) in [5.74, 6) is 0.732. The van der Waals surface area contributed by atoms with E-state index in [-0.39, 0.29) is 5.41 Å². The van der Waals surface area contributed by atoms with Gasteiger partial charge in [-0.25, -0.2) is 0 Å². The van der Waals surface area contributed by atoms with Crippen molar-refractivity contribution in [3.8, 4) is 72.5 Å². The van der Waals surface area contributed by atoms with Crippen molar-refractivity contribution in [2.24, 2.45) is 0 Å². The summed E-state index contributed by atoms with van der Waals surface area (Å²) in [5.41, 5.74) is 16.4. The molecule has 0 saturated heterocycles. The molecule has 0 bridgehead atoms. The first-order valence-corrected chi connectivity index (χ1v) is 19.0. The van der Waals surface area contributed by atoms with Crippen molar-refractivity contribution >= 4 is 0 Å². The lowest BCUT2D eigenvalue weighted by Crippen LogP contribution is -2.10. The van der Waals surface area contributed by atoms with Gasteiger partial charge in [0.05, 0.1) is 12.7 Å². The van der Waals surface area contributed by atoms with Crippen LogP contribution in [-0.2, 0) is 11.6 Å². The highest BCUT2D eigenvalue weighted by atomic mass is 19.4. The third kappa shape index (κ3) is 7.66. The van der Waals surface area contributed by atoms with E-state index in [1.165, 1.54) is 17.7 Å². The second kappa shape index (κ2) is 15.0. The Kier molecular flexibility index (Phi) is 10.3. The molecule has 0 aromatic heterocycles. The third-order valence-corrected chi connectivity index (χ3v) is 10.5. The van der Waals surface area contributed by atoms with Crippen LogP contribution in [0.5, 0.6) is 5.75 Å². The Morgan fingerprint density at radius 2 is 0.696 bits per heavy atom. The maximum absolute atomic E-state index is 14.1. The fraction of sp³-hybridized carbons (Fsp3) is 0.192. The van der Waals surface area contributed by atoms with Gasteiger partial charge in [-0.05, 0) is 130 Å². The van der Waals surface area contributed by atoms with Crippen LogP contribution in [0, 0.1) is 27.7 Å². The number of ether oxygens (including phenoxy) is 1. The largest absolute Gasteiger partial charge is 0.497 e. The first kappa shape index (κ1) is 38.4. The van der Waals surface area contributed by atoms with Gasteiger partial charge < -0.3 is 4.74 Å². The van der Waals surface area contributed by atoms with Gasteiger partial charge in [0.2, 0.25) is 0 Å². The van der Waals surface area contributed by atoms with E-state index in [4.69, 9.17) is 4.74 Å². The fourth-order valence-electron chi connectivity index (χ4n) is 8.05. The standard InChI is InChI=1S/C52H47F3O/c1-32-26-33(2)29-40(28-32)49-47(38-16-22-43(23-17-38)52(53,54)55)45(36-12-10-9-11-13-36)46(39-18-24-44(56-8)25-19-39)48(37-14-20-42(21-15-37)51(5,6)7)50(49)41-30-34(3)27-35(4)31-41/h9-31H,1-8H3. The second-order valence-corrected chi connectivity index (χ2v) is 16.0. The summed E-state index contributed by atoms with van der Waals surface area (Å²) < 4.78 is 48.1. The number of alkyl halides is 3. The summed E-state index contributed by atoms with van der Waals surface area (Å²) in [6.07, 6.45) is -4.47. The van der Waals surface area contributed by atoms with Gasteiger partial charge in [-0.15, -0.1) is 0 Å². The van der Waals surface area contributed by atoms with E-state index in [9.17, 15) is 13.2 Å². The van der Waals surface area contributed by atoms with Crippen molar-refractivity contribution in [2.45, 2.75) is 60.1 Å². The zero-order chi connectivity index (χ0) is 39.9. The van der Waals surface area contributed by atoms with Crippen LogP contribution in [0.1, 0.15) is 54.2 Å². The molecule has 282 valence electrons. The van der Waals surface area contributed by atoms with Crippen LogP contribution >= 0.6 is 0 Å². The van der Waals surface area contributed by atoms with Crippen molar-refractivity contribution in [2.75, 3.05) is 7.11 Å². The summed E-state index contributed by atoms with van der Waals surface area (Å²) in [4.78, 5) is 0. The van der Waals surface area contributed by atoms with Crippen molar-refractivity contribution in [1.82, 2.24) is 0 Å². The Hall–Kier alpha value is -5.87. The molecule has 7 aromatic rings. The molecular formula is C52H47F3O. The molecular weight excluding hydrogens is 698 g/mol. The molecule has 0 radical (unpaired) electrons. The van der Waals surface area contributed by atoms with Gasteiger partial charge in [0, 0.05) is 0 Å². The van der Waals surface area contributed by atoms with Gasteiger partial charge in [0.15, 0.2) is 0 Å². The molecule has 0 unspecified atom stereocenters. The highest BCUT2D eigenvalue weighted by molar-refractivity contribution is 6.15.